The zero-order valence-corrected chi connectivity index (χ0v) is 14.3. The number of carboxylic acid groups (broad SMARTS) is 1. The molecule has 2 aromatic rings. The summed E-state index contributed by atoms with van der Waals surface area (Å²) in [6.07, 6.45) is 2.67. The number of aromatic nitrogens is 2. The van der Waals surface area contributed by atoms with Gasteiger partial charge >= 0.3 is 5.97 Å². The second kappa shape index (κ2) is 6.99. The van der Waals surface area contributed by atoms with Crippen molar-refractivity contribution in [1.82, 2.24) is 14.9 Å². The van der Waals surface area contributed by atoms with Crippen LogP contribution in [-0.4, -0.2) is 50.5 Å². The number of rotatable bonds is 4. The van der Waals surface area contributed by atoms with Gasteiger partial charge in [0.1, 0.15) is 11.3 Å². The van der Waals surface area contributed by atoms with Crippen LogP contribution in [0.5, 0.6) is 5.75 Å². The van der Waals surface area contributed by atoms with Gasteiger partial charge in [-0.1, -0.05) is 18.2 Å². The van der Waals surface area contributed by atoms with Crippen molar-refractivity contribution in [2.24, 2.45) is 0 Å². The van der Waals surface area contributed by atoms with Gasteiger partial charge in [0.15, 0.2) is 0 Å². The van der Waals surface area contributed by atoms with Crippen LogP contribution in [0, 0.1) is 6.92 Å². The summed E-state index contributed by atoms with van der Waals surface area (Å²) in [4.78, 5) is 43.7. The second-order valence-electron chi connectivity index (χ2n) is 6.25. The highest BCUT2D eigenvalue weighted by molar-refractivity contribution is 5.93. The Morgan fingerprint density at radius 1 is 1.27 bits per heavy atom. The first-order valence-corrected chi connectivity index (χ1v) is 8.23. The maximum Gasteiger partial charge on any atom is 0.348 e. The van der Waals surface area contributed by atoms with E-state index in [0.29, 0.717) is 5.75 Å². The Hall–Kier alpha value is -3.16. The molecule has 8 heteroatoms. The predicted octanol–water partition coefficient (Wildman–Crippen LogP) is 1.22. The summed E-state index contributed by atoms with van der Waals surface area (Å²) in [7, 11) is 0. The van der Waals surface area contributed by atoms with Crippen LogP contribution >= 0.6 is 0 Å². The molecule has 1 saturated heterocycles. The highest BCUT2D eigenvalue weighted by Crippen LogP contribution is 2.31. The number of nitrogens with one attached hydrogen (secondary N) is 1. The number of carbonyl (C=O) groups excluding carboxylic acids is 1. The molecule has 0 unspecified atom stereocenters. The zero-order valence-electron chi connectivity index (χ0n) is 14.3. The molecule has 0 spiro atoms. The lowest BCUT2D eigenvalue weighted by atomic mass is 9.90. The summed E-state index contributed by atoms with van der Waals surface area (Å²) in [5, 5.41) is 9.73. The van der Waals surface area contributed by atoms with Crippen LogP contribution < -0.4 is 10.3 Å². The molecule has 0 aliphatic carbocycles. The van der Waals surface area contributed by atoms with E-state index in [0.717, 1.165) is 5.56 Å². The van der Waals surface area contributed by atoms with Crippen molar-refractivity contribution in [2.75, 3.05) is 13.1 Å². The fourth-order valence-electron chi connectivity index (χ4n) is 2.98. The lowest BCUT2D eigenvalue weighted by Gasteiger charge is -2.39. The van der Waals surface area contributed by atoms with E-state index in [1.165, 1.54) is 17.4 Å². The van der Waals surface area contributed by atoms with Crippen LogP contribution in [0.2, 0.25) is 0 Å². The molecule has 1 amide bonds. The van der Waals surface area contributed by atoms with Crippen LogP contribution in [0.3, 0.4) is 0 Å². The van der Waals surface area contributed by atoms with Crippen LogP contribution in [0.15, 0.2) is 41.6 Å². The minimum atomic E-state index is -1.40. The molecule has 0 radical (unpaired) electrons. The van der Waals surface area contributed by atoms with Gasteiger partial charge < -0.3 is 19.7 Å². The van der Waals surface area contributed by atoms with Crippen molar-refractivity contribution in [2.45, 2.75) is 25.4 Å². The number of aromatic amines is 1. The van der Waals surface area contributed by atoms with Crippen molar-refractivity contribution >= 4 is 11.9 Å². The highest BCUT2D eigenvalue weighted by Gasteiger charge is 2.45. The Bertz CT molecular complexity index is 884. The lowest BCUT2D eigenvalue weighted by Crippen LogP contribution is -2.54. The Labute approximate surface area is 149 Å². The maximum atomic E-state index is 12.5. The summed E-state index contributed by atoms with van der Waals surface area (Å²) < 4.78 is 5.87. The van der Waals surface area contributed by atoms with Crippen LogP contribution in [0.4, 0.5) is 0 Å². The number of aryl methyl sites for hydroxylation is 1. The fourth-order valence-corrected chi connectivity index (χ4v) is 2.98. The standard InChI is InChI=1S/C18H19N3O5/c1-12-4-2-3-5-14(12)26-18(17(24)25)6-8-21(9-7-18)16(23)13-10-19-11-20-15(13)22/h2-5,10-11H,6-9H2,1H3,(H,24,25)(H,19,20,22). The third-order valence-corrected chi connectivity index (χ3v) is 4.60. The quantitative estimate of drug-likeness (QED) is 0.851. The summed E-state index contributed by atoms with van der Waals surface area (Å²) in [5.74, 6) is -1.01. The number of H-pyrrole nitrogens is 1. The Morgan fingerprint density at radius 3 is 2.58 bits per heavy atom. The van der Waals surface area contributed by atoms with Gasteiger partial charge in [-0.2, -0.15) is 0 Å². The van der Waals surface area contributed by atoms with Crippen molar-refractivity contribution in [3.05, 3.63) is 58.3 Å². The van der Waals surface area contributed by atoms with Gasteiger partial charge in [-0.15, -0.1) is 0 Å². The van der Waals surface area contributed by atoms with E-state index in [1.54, 1.807) is 12.1 Å². The molecule has 26 heavy (non-hydrogen) atoms. The molecule has 0 saturated carbocycles. The molecule has 2 heterocycles. The number of carbonyl (C=O) groups is 2. The fraction of sp³-hybridized carbons (Fsp3) is 0.333. The summed E-state index contributed by atoms with van der Waals surface area (Å²) >= 11 is 0. The van der Waals surface area contributed by atoms with E-state index in [9.17, 15) is 19.5 Å². The van der Waals surface area contributed by atoms with Crippen molar-refractivity contribution < 1.29 is 19.4 Å². The number of para-hydroxylation sites is 1. The largest absolute Gasteiger partial charge is 0.478 e. The number of nitrogens with zero attached hydrogens (tertiary/aromatic N) is 2. The van der Waals surface area contributed by atoms with E-state index in [1.807, 2.05) is 19.1 Å². The first-order chi connectivity index (χ1) is 12.4. The molecule has 0 atom stereocenters. The molecule has 3 rings (SSSR count). The Morgan fingerprint density at radius 2 is 1.96 bits per heavy atom. The first kappa shape index (κ1) is 17.7. The van der Waals surface area contributed by atoms with Gasteiger partial charge in [-0.3, -0.25) is 9.59 Å². The molecule has 2 N–H and O–H groups in total. The number of amides is 1. The number of carboxylic acids is 1. The van der Waals surface area contributed by atoms with E-state index >= 15 is 0 Å². The highest BCUT2D eigenvalue weighted by atomic mass is 16.5. The number of benzene rings is 1. The van der Waals surface area contributed by atoms with E-state index in [4.69, 9.17) is 4.74 Å². The van der Waals surface area contributed by atoms with E-state index in [2.05, 4.69) is 9.97 Å². The molecule has 1 aromatic heterocycles. The molecule has 8 nitrogen and oxygen atoms in total. The molecular weight excluding hydrogens is 338 g/mol. The number of hydrogen-bond acceptors (Lipinski definition) is 5. The molecule has 1 aromatic carbocycles. The predicted molar refractivity (Wildman–Crippen MR) is 92.2 cm³/mol. The average molecular weight is 357 g/mol. The smallest absolute Gasteiger partial charge is 0.348 e. The minimum Gasteiger partial charge on any atom is -0.478 e. The van der Waals surface area contributed by atoms with Gasteiger partial charge in [-0.05, 0) is 18.6 Å². The van der Waals surface area contributed by atoms with Crippen molar-refractivity contribution in [3.63, 3.8) is 0 Å². The van der Waals surface area contributed by atoms with Gasteiger partial charge in [0.2, 0.25) is 5.60 Å². The lowest BCUT2D eigenvalue weighted by molar-refractivity contribution is -0.159. The average Bonchev–Trinajstić information content (AvgIpc) is 2.64. The number of likely N-dealkylation sites (tertiary alicyclic amines) is 1. The minimum absolute atomic E-state index is 0.0600. The van der Waals surface area contributed by atoms with E-state index < -0.39 is 23.0 Å². The topological polar surface area (TPSA) is 113 Å². The number of aliphatic carboxylic acids is 1. The SMILES string of the molecule is Cc1ccccc1OC1(C(=O)O)CCN(C(=O)c2cnc[nH]c2=O)CC1. The summed E-state index contributed by atoms with van der Waals surface area (Å²) in [6, 6.07) is 7.21. The molecule has 0 bridgehead atoms. The molecular formula is C18H19N3O5. The third-order valence-electron chi connectivity index (χ3n) is 4.60. The molecule has 1 aliphatic rings. The van der Waals surface area contributed by atoms with Gasteiger partial charge in [-0.25, -0.2) is 9.78 Å². The third kappa shape index (κ3) is 3.30. The molecule has 1 fully saturated rings. The van der Waals surface area contributed by atoms with Crippen LogP contribution in [0.1, 0.15) is 28.8 Å². The second-order valence-corrected chi connectivity index (χ2v) is 6.25. The van der Waals surface area contributed by atoms with Crippen molar-refractivity contribution in [1.29, 1.82) is 0 Å². The Balaban J connectivity index is 1.77. The van der Waals surface area contributed by atoms with Gasteiger partial charge in [0, 0.05) is 32.1 Å². The number of piperidine rings is 1. The van der Waals surface area contributed by atoms with Crippen LogP contribution in [-0.2, 0) is 4.79 Å². The number of ether oxygens (including phenoxy) is 1. The normalized spacial score (nSPS) is 16.1. The summed E-state index contributed by atoms with van der Waals surface area (Å²) in [5.41, 5.74) is -1.13. The van der Waals surface area contributed by atoms with E-state index in [-0.39, 0.29) is 31.5 Å². The van der Waals surface area contributed by atoms with Gasteiger partial charge in [0.25, 0.3) is 11.5 Å². The number of hydrogen-bond donors (Lipinski definition) is 2. The molecule has 136 valence electrons. The Kier molecular flexibility index (Phi) is 4.75. The maximum absolute atomic E-state index is 12.5. The van der Waals surface area contributed by atoms with Gasteiger partial charge in [0.05, 0.1) is 6.33 Å². The summed E-state index contributed by atoms with van der Waals surface area (Å²) in [6.45, 7) is 2.19. The molecule has 1 aliphatic heterocycles. The van der Waals surface area contributed by atoms with Crippen LogP contribution in [0.25, 0.3) is 0 Å². The monoisotopic (exact) mass is 357 g/mol. The zero-order chi connectivity index (χ0) is 18.7. The van der Waals surface area contributed by atoms with Crippen molar-refractivity contribution in [3.8, 4) is 5.75 Å². The first-order valence-electron chi connectivity index (χ1n) is 8.23.